The predicted molar refractivity (Wildman–Crippen MR) is 74.1 cm³/mol. The third kappa shape index (κ3) is 3.36. The van der Waals surface area contributed by atoms with Gasteiger partial charge < -0.3 is 5.32 Å². The minimum absolute atomic E-state index is 0.188. The smallest absolute Gasteiger partial charge is 0.0622 e. The van der Waals surface area contributed by atoms with Gasteiger partial charge in [-0.05, 0) is 24.1 Å². The molecule has 2 aromatic rings. The first-order chi connectivity index (χ1) is 8.90. The lowest BCUT2D eigenvalue weighted by molar-refractivity contribution is 0.709. The molecule has 0 fully saturated rings. The summed E-state index contributed by atoms with van der Waals surface area (Å²) in [6, 6.07) is 22.8. The molecule has 0 spiro atoms. The van der Waals surface area contributed by atoms with Gasteiger partial charge in [0.15, 0.2) is 0 Å². The van der Waals surface area contributed by atoms with E-state index in [0.717, 1.165) is 12.1 Å². The second-order valence-corrected chi connectivity index (χ2v) is 4.17. The normalized spacial score (nSPS) is 11.5. The maximum absolute atomic E-state index is 8.75. The van der Waals surface area contributed by atoms with Crippen molar-refractivity contribution in [3.63, 3.8) is 0 Å². The highest BCUT2D eigenvalue weighted by atomic mass is 14.9. The third-order valence-corrected chi connectivity index (χ3v) is 2.86. The van der Waals surface area contributed by atoms with Crippen molar-refractivity contribution >= 4 is 5.69 Å². The molecule has 1 atom stereocenters. The van der Waals surface area contributed by atoms with E-state index < -0.39 is 0 Å². The van der Waals surface area contributed by atoms with Gasteiger partial charge in [0.25, 0.3) is 0 Å². The van der Waals surface area contributed by atoms with Gasteiger partial charge in [0.2, 0.25) is 0 Å². The Balaban J connectivity index is 2.14. The van der Waals surface area contributed by atoms with E-state index in [2.05, 4.69) is 23.5 Å². The van der Waals surface area contributed by atoms with Crippen LogP contribution < -0.4 is 5.32 Å². The van der Waals surface area contributed by atoms with Gasteiger partial charge in [-0.3, -0.25) is 0 Å². The van der Waals surface area contributed by atoms with Crippen LogP contribution in [0.25, 0.3) is 0 Å². The number of nitrogens with zero attached hydrogens (tertiary/aromatic N) is 1. The highest BCUT2D eigenvalue weighted by Gasteiger charge is 2.10. The van der Waals surface area contributed by atoms with E-state index in [9.17, 15) is 0 Å². The van der Waals surface area contributed by atoms with Crippen LogP contribution in [0.2, 0.25) is 0 Å². The minimum atomic E-state index is 0.188. The summed E-state index contributed by atoms with van der Waals surface area (Å²) in [5.74, 6) is 0. The summed E-state index contributed by atoms with van der Waals surface area (Å²) in [5.41, 5.74) is 2.31. The van der Waals surface area contributed by atoms with Crippen LogP contribution in [0.4, 0.5) is 5.69 Å². The average molecular weight is 236 g/mol. The summed E-state index contributed by atoms with van der Waals surface area (Å²) in [6.07, 6.45) is 1.37. The Labute approximate surface area is 108 Å². The van der Waals surface area contributed by atoms with Crippen molar-refractivity contribution in [3.05, 3.63) is 66.2 Å². The fourth-order valence-electron chi connectivity index (χ4n) is 1.95. The summed E-state index contributed by atoms with van der Waals surface area (Å²) in [6.45, 7) is 0. The molecular weight excluding hydrogens is 220 g/mol. The molecule has 2 aromatic carbocycles. The molecule has 0 heterocycles. The first kappa shape index (κ1) is 12.2. The van der Waals surface area contributed by atoms with E-state index in [4.69, 9.17) is 5.26 Å². The number of rotatable bonds is 5. The van der Waals surface area contributed by atoms with Crippen molar-refractivity contribution in [2.45, 2.75) is 18.9 Å². The van der Waals surface area contributed by atoms with Crippen LogP contribution in [-0.2, 0) is 0 Å². The number of anilines is 1. The summed E-state index contributed by atoms with van der Waals surface area (Å²) in [4.78, 5) is 0. The van der Waals surface area contributed by atoms with E-state index in [1.807, 2.05) is 48.5 Å². The van der Waals surface area contributed by atoms with Crippen molar-refractivity contribution in [2.75, 3.05) is 5.32 Å². The predicted octanol–water partition coefficient (Wildman–Crippen LogP) is 4.14. The van der Waals surface area contributed by atoms with Gasteiger partial charge in [0.05, 0.1) is 12.1 Å². The van der Waals surface area contributed by atoms with Crippen molar-refractivity contribution in [3.8, 4) is 6.07 Å². The molecule has 2 heteroatoms. The standard InChI is InChI=1S/C16H16N2/c17-13-7-12-16(14-8-3-1-4-9-14)18-15-10-5-2-6-11-15/h1-6,8-11,16,18H,7,12H2. The van der Waals surface area contributed by atoms with E-state index in [-0.39, 0.29) is 6.04 Å². The zero-order chi connectivity index (χ0) is 12.6. The molecule has 1 unspecified atom stereocenters. The number of hydrogen-bond acceptors (Lipinski definition) is 2. The zero-order valence-electron chi connectivity index (χ0n) is 10.2. The maximum atomic E-state index is 8.75. The summed E-state index contributed by atoms with van der Waals surface area (Å²) in [5, 5.41) is 12.2. The van der Waals surface area contributed by atoms with Gasteiger partial charge in [-0.25, -0.2) is 0 Å². The van der Waals surface area contributed by atoms with E-state index >= 15 is 0 Å². The van der Waals surface area contributed by atoms with Crippen LogP contribution in [0, 0.1) is 11.3 Å². The van der Waals surface area contributed by atoms with Gasteiger partial charge in [-0.15, -0.1) is 0 Å². The molecule has 18 heavy (non-hydrogen) atoms. The van der Waals surface area contributed by atoms with Crippen LogP contribution in [0.3, 0.4) is 0 Å². The topological polar surface area (TPSA) is 35.8 Å². The Morgan fingerprint density at radius 3 is 2.17 bits per heavy atom. The van der Waals surface area contributed by atoms with Crippen LogP contribution in [0.5, 0.6) is 0 Å². The summed E-state index contributed by atoms with van der Waals surface area (Å²) < 4.78 is 0. The van der Waals surface area contributed by atoms with Crippen LogP contribution >= 0.6 is 0 Å². The Morgan fingerprint density at radius 2 is 1.56 bits per heavy atom. The van der Waals surface area contributed by atoms with Crippen LogP contribution in [0.15, 0.2) is 60.7 Å². The van der Waals surface area contributed by atoms with E-state index in [0.29, 0.717) is 6.42 Å². The molecule has 0 aliphatic heterocycles. The zero-order valence-corrected chi connectivity index (χ0v) is 10.2. The summed E-state index contributed by atoms with van der Waals surface area (Å²) in [7, 11) is 0. The van der Waals surface area contributed by atoms with E-state index in [1.54, 1.807) is 0 Å². The Hall–Kier alpha value is -2.27. The molecule has 90 valence electrons. The molecule has 0 saturated heterocycles. The van der Waals surface area contributed by atoms with Crippen molar-refractivity contribution in [2.24, 2.45) is 0 Å². The Bertz CT molecular complexity index is 500. The van der Waals surface area contributed by atoms with Gasteiger partial charge >= 0.3 is 0 Å². The largest absolute Gasteiger partial charge is 0.378 e. The number of nitriles is 1. The SMILES string of the molecule is N#CCCC(Nc1ccccc1)c1ccccc1. The molecule has 2 nitrogen and oxygen atoms in total. The average Bonchev–Trinajstić information content (AvgIpc) is 2.45. The third-order valence-electron chi connectivity index (χ3n) is 2.86. The van der Waals surface area contributed by atoms with Crippen molar-refractivity contribution < 1.29 is 0 Å². The van der Waals surface area contributed by atoms with Crippen LogP contribution in [0.1, 0.15) is 24.4 Å². The molecule has 0 aromatic heterocycles. The number of para-hydroxylation sites is 1. The van der Waals surface area contributed by atoms with Gasteiger partial charge in [0, 0.05) is 12.1 Å². The minimum Gasteiger partial charge on any atom is -0.378 e. The molecule has 1 N–H and O–H groups in total. The lowest BCUT2D eigenvalue weighted by Gasteiger charge is -2.19. The molecule has 0 amide bonds. The fourth-order valence-corrected chi connectivity index (χ4v) is 1.95. The van der Waals surface area contributed by atoms with Crippen molar-refractivity contribution in [1.82, 2.24) is 0 Å². The molecule has 0 aliphatic carbocycles. The fraction of sp³-hybridized carbons (Fsp3) is 0.188. The number of hydrogen-bond donors (Lipinski definition) is 1. The Kier molecular flexibility index (Phi) is 4.38. The molecule has 0 aliphatic rings. The molecule has 0 radical (unpaired) electrons. The lowest BCUT2D eigenvalue weighted by atomic mass is 10.0. The first-order valence-electron chi connectivity index (χ1n) is 6.13. The first-order valence-corrected chi connectivity index (χ1v) is 6.13. The highest BCUT2D eigenvalue weighted by molar-refractivity contribution is 5.45. The van der Waals surface area contributed by atoms with Crippen molar-refractivity contribution in [1.29, 1.82) is 5.26 Å². The molecule has 0 saturated carbocycles. The second kappa shape index (κ2) is 6.46. The number of benzene rings is 2. The maximum Gasteiger partial charge on any atom is 0.0622 e. The molecular formula is C16H16N2. The van der Waals surface area contributed by atoms with Gasteiger partial charge in [-0.1, -0.05) is 48.5 Å². The lowest BCUT2D eigenvalue weighted by Crippen LogP contribution is -2.10. The monoisotopic (exact) mass is 236 g/mol. The van der Waals surface area contributed by atoms with Gasteiger partial charge in [-0.2, -0.15) is 5.26 Å². The van der Waals surface area contributed by atoms with Gasteiger partial charge in [0.1, 0.15) is 0 Å². The molecule has 0 bridgehead atoms. The Morgan fingerprint density at radius 1 is 0.944 bits per heavy atom. The molecule has 2 rings (SSSR count). The quantitative estimate of drug-likeness (QED) is 0.846. The highest BCUT2D eigenvalue weighted by Crippen LogP contribution is 2.23. The van der Waals surface area contributed by atoms with Crippen LogP contribution in [-0.4, -0.2) is 0 Å². The number of nitrogens with one attached hydrogen (secondary N) is 1. The second-order valence-electron chi connectivity index (χ2n) is 4.17. The summed E-state index contributed by atoms with van der Waals surface area (Å²) >= 11 is 0. The van der Waals surface area contributed by atoms with E-state index in [1.165, 1.54) is 5.56 Å².